The number of aromatic nitrogens is 3. The summed E-state index contributed by atoms with van der Waals surface area (Å²) in [6.07, 6.45) is 3.27. The summed E-state index contributed by atoms with van der Waals surface area (Å²) in [6.45, 7) is 4.07. The van der Waals surface area contributed by atoms with Crippen molar-refractivity contribution in [2.45, 2.75) is 20.3 Å². The lowest BCUT2D eigenvalue weighted by Gasteiger charge is -2.04. The number of carbonyl (C=O) groups is 2. The molecule has 0 radical (unpaired) electrons. The highest BCUT2D eigenvalue weighted by Gasteiger charge is 2.14. The molecule has 1 aromatic carbocycles. The molecule has 0 bridgehead atoms. The molecule has 0 aliphatic heterocycles. The van der Waals surface area contributed by atoms with Crippen LogP contribution in [0.4, 0.5) is 5.13 Å². The monoisotopic (exact) mass is 370 g/mol. The Balaban J connectivity index is 1.67. The molecule has 134 valence electrons. The minimum absolute atomic E-state index is 0.0887. The first-order valence-electron chi connectivity index (χ1n) is 8.09. The quantitative estimate of drug-likeness (QED) is 0.674. The number of ether oxygens (including phenoxy) is 1. The summed E-state index contributed by atoms with van der Waals surface area (Å²) in [5.74, 6) is -0.642. The third kappa shape index (κ3) is 4.15. The van der Waals surface area contributed by atoms with E-state index in [2.05, 4.69) is 15.4 Å². The van der Waals surface area contributed by atoms with Crippen LogP contribution in [0.15, 0.2) is 42.0 Å². The maximum absolute atomic E-state index is 12.4. The summed E-state index contributed by atoms with van der Waals surface area (Å²) in [7, 11) is 0. The van der Waals surface area contributed by atoms with Crippen LogP contribution in [0.5, 0.6) is 0 Å². The van der Waals surface area contributed by atoms with Crippen molar-refractivity contribution < 1.29 is 14.3 Å². The van der Waals surface area contributed by atoms with Gasteiger partial charge >= 0.3 is 5.97 Å². The fraction of sp³-hybridized carbons (Fsp3) is 0.222. The van der Waals surface area contributed by atoms with Gasteiger partial charge < -0.3 is 4.74 Å². The number of anilines is 1. The molecule has 2 heterocycles. The third-order valence-corrected chi connectivity index (χ3v) is 4.42. The standard InChI is InChI=1S/C18H18N4O3S/c1-3-25-16(23)8-14-11-26-18(20-14)21-17(24)13-9-19-22(10-13)15-7-5-4-6-12(15)2/h4-7,9-11H,3,8H2,1-2H3,(H,20,21,24). The zero-order valence-corrected chi connectivity index (χ0v) is 15.2. The van der Waals surface area contributed by atoms with Crippen molar-refractivity contribution >= 4 is 28.3 Å². The number of amides is 1. The number of benzene rings is 1. The van der Waals surface area contributed by atoms with Gasteiger partial charge in [0.2, 0.25) is 0 Å². The van der Waals surface area contributed by atoms with E-state index in [1.807, 2.05) is 31.2 Å². The lowest BCUT2D eigenvalue weighted by atomic mass is 10.2. The van der Waals surface area contributed by atoms with Crippen LogP contribution >= 0.6 is 11.3 Å². The Labute approximate surface area is 154 Å². The first kappa shape index (κ1) is 17.8. The summed E-state index contributed by atoms with van der Waals surface area (Å²) in [5, 5.41) is 9.13. The van der Waals surface area contributed by atoms with E-state index in [4.69, 9.17) is 4.74 Å². The second kappa shape index (κ2) is 7.92. The number of hydrogen-bond acceptors (Lipinski definition) is 6. The van der Waals surface area contributed by atoms with Crippen molar-refractivity contribution in [2.75, 3.05) is 11.9 Å². The predicted molar refractivity (Wildman–Crippen MR) is 98.7 cm³/mol. The van der Waals surface area contributed by atoms with Crippen molar-refractivity contribution in [3.8, 4) is 5.69 Å². The van der Waals surface area contributed by atoms with E-state index in [1.165, 1.54) is 17.5 Å². The summed E-state index contributed by atoms with van der Waals surface area (Å²) >= 11 is 1.26. The minimum atomic E-state index is -0.338. The smallest absolute Gasteiger partial charge is 0.311 e. The van der Waals surface area contributed by atoms with Crippen LogP contribution in [0.2, 0.25) is 0 Å². The highest BCUT2D eigenvalue weighted by Crippen LogP contribution is 2.18. The Bertz CT molecular complexity index is 932. The molecule has 0 aliphatic carbocycles. The van der Waals surface area contributed by atoms with Crippen molar-refractivity contribution in [2.24, 2.45) is 0 Å². The van der Waals surface area contributed by atoms with E-state index in [1.54, 1.807) is 23.2 Å². The summed E-state index contributed by atoms with van der Waals surface area (Å²) in [5.41, 5.74) is 2.97. The summed E-state index contributed by atoms with van der Waals surface area (Å²) < 4.78 is 6.55. The Morgan fingerprint density at radius 1 is 1.31 bits per heavy atom. The Morgan fingerprint density at radius 3 is 2.88 bits per heavy atom. The highest BCUT2D eigenvalue weighted by molar-refractivity contribution is 7.14. The first-order chi connectivity index (χ1) is 12.6. The van der Waals surface area contributed by atoms with Gasteiger partial charge in [-0.3, -0.25) is 14.9 Å². The van der Waals surface area contributed by atoms with Gasteiger partial charge in [0, 0.05) is 11.6 Å². The van der Waals surface area contributed by atoms with Crippen LogP contribution in [0.3, 0.4) is 0 Å². The second-order valence-electron chi connectivity index (χ2n) is 5.54. The zero-order chi connectivity index (χ0) is 18.5. The first-order valence-corrected chi connectivity index (χ1v) is 8.97. The van der Waals surface area contributed by atoms with Gasteiger partial charge in [0.1, 0.15) is 0 Å². The molecule has 0 unspecified atom stereocenters. The van der Waals surface area contributed by atoms with Crippen molar-refractivity contribution in [1.82, 2.24) is 14.8 Å². The van der Waals surface area contributed by atoms with E-state index < -0.39 is 0 Å². The van der Waals surface area contributed by atoms with Crippen molar-refractivity contribution in [1.29, 1.82) is 0 Å². The average Bonchev–Trinajstić information content (AvgIpc) is 3.25. The second-order valence-corrected chi connectivity index (χ2v) is 6.40. The van der Waals surface area contributed by atoms with Crippen LogP contribution in [-0.2, 0) is 16.0 Å². The maximum Gasteiger partial charge on any atom is 0.311 e. The van der Waals surface area contributed by atoms with Crippen LogP contribution in [-0.4, -0.2) is 33.2 Å². The normalized spacial score (nSPS) is 10.5. The van der Waals surface area contributed by atoms with E-state index in [-0.39, 0.29) is 18.3 Å². The molecule has 0 saturated heterocycles. The van der Waals surface area contributed by atoms with Gasteiger partial charge in [-0.05, 0) is 25.5 Å². The van der Waals surface area contributed by atoms with Gasteiger partial charge in [-0.25, -0.2) is 9.67 Å². The van der Waals surface area contributed by atoms with Gasteiger partial charge in [0.05, 0.1) is 36.2 Å². The van der Waals surface area contributed by atoms with Crippen molar-refractivity contribution in [3.05, 3.63) is 58.9 Å². The fourth-order valence-electron chi connectivity index (χ4n) is 2.37. The van der Waals surface area contributed by atoms with Crippen LogP contribution in [0, 0.1) is 6.92 Å². The molecule has 3 rings (SSSR count). The highest BCUT2D eigenvalue weighted by atomic mass is 32.1. The number of nitrogens with zero attached hydrogens (tertiary/aromatic N) is 3. The molecule has 8 heteroatoms. The number of para-hydroxylation sites is 1. The molecule has 7 nitrogen and oxygen atoms in total. The van der Waals surface area contributed by atoms with Gasteiger partial charge in [-0.1, -0.05) is 18.2 Å². The van der Waals surface area contributed by atoms with E-state index in [9.17, 15) is 9.59 Å². The number of esters is 1. The Kier molecular flexibility index (Phi) is 5.43. The number of hydrogen-bond donors (Lipinski definition) is 1. The van der Waals surface area contributed by atoms with Crippen LogP contribution in [0.25, 0.3) is 5.69 Å². The SMILES string of the molecule is CCOC(=O)Cc1csc(NC(=O)c2cnn(-c3ccccc3C)c2)n1. The molecule has 0 saturated carbocycles. The lowest BCUT2D eigenvalue weighted by Crippen LogP contribution is -2.11. The number of carbonyl (C=O) groups excluding carboxylic acids is 2. The molecule has 0 aliphatic rings. The summed E-state index contributed by atoms with van der Waals surface area (Å²) in [4.78, 5) is 28.1. The zero-order valence-electron chi connectivity index (χ0n) is 14.4. The lowest BCUT2D eigenvalue weighted by molar-refractivity contribution is -0.142. The molecular weight excluding hydrogens is 352 g/mol. The molecular formula is C18H18N4O3S. The van der Waals surface area contributed by atoms with E-state index in [0.29, 0.717) is 23.0 Å². The van der Waals surface area contributed by atoms with Gasteiger partial charge in [0.15, 0.2) is 5.13 Å². The molecule has 0 spiro atoms. The maximum atomic E-state index is 12.4. The van der Waals surface area contributed by atoms with Crippen LogP contribution in [0.1, 0.15) is 28.5 Å². The molecule has 2 aromatic heterocycles. The molecule has 1 N–H and O–H groups in total. The number of nitrogens with one attached hydrogen (secondary N) is 1. The van der Waals surface area contributed by atoms with E-state index in [0.717, 1.165) is 11.3 Å². The molecule has 0 fully saturated rings. The van der Waals surface area contributed by atoms with Crippen LogP contribution < -0.4 is 5.32 Å². The fourth-order valence-corrected chi connectivity index (χ4v) is 3.07. The largest absolute Gasteiger partial charge is 0.466 e. The van der Waals surface area contributed by atoms with Gasteiger partial charge in [-0.15, -0.1) is 11.3 Å². The van der Waals surface area contributed by atoms with Gasteiger partial charge in [-0.2, -0.15) is 5.10 Å². The summed E-state index contributed by atoms with van der Waals surface area (Å²) in [6, 6.07) is 7.79. The molecule has 26 heavy (non-hydrogen) atoms. The number of aryl methyl sites for hydroxylation is 1. The Hall–Kier alpha value is -3.00. The third-order valence-electron chi connectivity index (χ3n) is 3.61. The molecule has 3 aromatic rings. The number of rotatable bonds is 6. The minimum Gasteiger partial charge on any atom is -0.466 e. The Morgan fingerprint density at radius 2 is 2.12 bits per heavy atom. The topological polar surface area (TPSA) is 86.1 Å². The molecule has 0 atom stereocenters. The molecule has 1 amide bonds. The predicted octanol–water partition coefficient (Wildman–Crippen LogP) is 3.00. The number of thiazole rings is 1. The van der Waals surface area contributed by atoms with Crippen molar-refractivity contribution in [3.63, 3.8) is 0 Å². The van der Waals surface area contributed by atoms with E-state index >= 15 is 0 Å². The average molecular weight is 370 g/mol. The van der Waals surface area contributed by atoms with Gasteiger partial charge in [0.25, 0.3) is 5.91 Å².